The maximum absolute atomic E-state index is 12.2. The van der Waals surface area contributed by atoms with Crippen LogP contribution < -0.4 is 10.6 Å². The minimum Gasteiger partial charge on any atom is -0.349 e. The molecule has 1 aromatic rings. The highest BCUT2D eigenvalue weighted by Crippen LogP contribution is 2.11. The molecule has 0 radical (unpaired) electrons. The highest BCUT2D eigenvalue weighted by atomic mass is 16.2. The first-order valence-electron chi connectivity index (χ1n) is 7.19. The van der Waals surface area contributed by atoms with Gasteiger partial charge in [0.25, 0.3) is 5.91 Å². The van der Waals surface area contributed by atoms with E-state index in [0.29, 0.717) is 24.3 Å². The maximum Gasteiger partial charge on any atom is 0.269 e. The van der Waals surface area contributed by atoms with Crippen LogP contribution in [0.4, 0.5) is 0 Å². The number of nitrogens with one attached hydrogen (secondary N) is 2. The summed E-state index contributed by atoms with van der Waals surface area (Å²) in [6.07, 6.45) is 3.60. The molecule has 5 nitrogen and oxygen atoms in total. The minimum atomic E-state index is -0.0255. The molecule has 19 heavy (non-hydrogen) atoms. The molecule has 1 aliphatic rings. The summed E-state index contributed by atoms with van der Waals surface area (Å²) in [6.45, 7) is 7.51. The van der Waals surface area contributed by atoms with Gasteiger partial charge in [0.2, 0.25) is 0 Å². The third-order valence-corrected chi connectivity index (χ3v) is 3.65. The predicted molar refractivity (Wildman–Crippen MR) is 75.2 cm³/mol. The fourth-order valence-corrected chi connectivity index (χ4v) is 2.68. The Bertz CT molecular complexity index is 441. The number of aryl methyl sites for hydroxylation is 2. The van der Waals surface area contributed by atoms with E-state index < -0.39 is 0 Å². The largest absolute Gasteiger partial charge is 0.349 e. The summed E-state index contributed by atoms with van der Waals surface area (Å²) in [7, 11) is 0. The molecular formula is C14H24N4O. The Morgan fingerprint density at radius 1 is 1.58 bits per heavy atom. The maximum atomic E-state index is 12.2. The molecule has 2 N–H and O–H groups in total. The highest BCUT2D eigenvalue weighted by molar-refractivity contribution is 5.92. The van der Waals surface area contributed by atoms with Gasteiger partial charge >= 0.3 is 0 Å². The van der Waals surface area contributed by atoms with Gasteiger partial charge in [-0.2, -0.15) is 5.10 Å². The van der Waals surface area contributed by atoms with Gasteiger partial charge in [0, 0.05) is 25.2 Å². The summed E-state index contributed by atoms with van der Waals surface area (Å²) in [4.78, 5) is 12.2. The Balaban J connectivity index is 1.90. The fourth-order valence-electron chi connectivity index (χ4n) is 2.68. The van der Waals surface area contributed by atoms with E-state index in [9.17, 15) is 4.79 Å². The van der Waals surface area contributed by atoms with Crippen molar-refractivity contribution in [3.8, 4) is 0 Å². The van der Waals surface area contributed by atoms with E-state index in [1.807, 2.05) is 19.9 Å². The van der Waals surface area contributed by atoms with Crippen LogP contribution in [0.15, 0.2) is 6.07 Å². The molecule has 1 fully saturated rings. The Morgan fingerprint density at radius 2 is 2.37 bits per heavy atom. The number of carbonyl (C=O) groups is 1. The van der Waals surface area contributed by atoms with E-state index in [2.05, 4.69) is 22.7 Å². The number of hydrogen-bond acceptors (Lipinski definition) is 3. The van der Waals surface area contributed by atoms with Crippen molar-refractivity contribution in [2.24, 2.45) is 0 Å². The van der Waals surface area contributed by atoms with E-state index >= 15 is 0 Å². The Kier molecular flexibility index (Phi) is 4.58. The quantitative estimate of drug-likeness (QED) is 0.866. The zero-order chi connectivity index (χ0) is 13.8. The van der Waals surface area contributed by atoms with Crippen molar-refractivity contribution in [3.63, 3.8) is 0 Å². The van der Waals surface area contributed by atoms with E-state index in [1.54, 1.807) is 4.68 Å². The van der Waals surface area contributed by atoms with Gasteiger partial charge in [-0.15, -0.1) is 0 Å². The average molecular weight is 264 g/mol. The highest BCUT2D eigenvalue weighted by Gasteiger charge is 2.19. The lowest BCUT2D eigenvalue weighted by atomic mass is 10.00. The van der Waals surface area contributed by atoms with Crippen LogP contribution in [0.25, 0.3) is 0 Å². The number of amides is 1. The molecule has 2 unspecified atom stereocenters. The second-order valence-corrected chi connectivity index (χ2v) is 5.39. The molecule has 0 bridgehead atoms. The monoisotopic (exact) mass is 264 g/mol. The molecule has 1 amide bonds. The van der Waals surface area contributed by atoms with Gasteiger partial charge in [0.15, 0.2) is 0 Å². The van der Waals surface area contributed by atoms with E-state index in [0.717, 1.165) is 18.7 Å². The second kappa shape index (κ2) is 6.19. The molecule has 2 atom stereocenters. The van der Waals surface area contributed by atoms with Crippen LogP contribution in [0.2, 0.25) is 0 Å². The number of carbonyl (C=O) groups excluding carboxylic acids is 1. The lowest BCUT2D eigenvalue weighted by Gasteiger charge is -2.28. The van der Waals surface area contributed by atoms with Crippen LogP contribution in [0.1, 0.15) is 49.3 Å². The summed E-state index contributed by atoms with van der Waals surface area (Å²) < 4.78 is 1.75. The smallest absolute Gasteiger partial charge is 0.269 e. The second-order valence-electron chi connectivity index (χ2n) is 5.39. The van der Waals surface area contributed by atoms with Crippen LogP contribution in [0.3, 0.4) is 0 Å². The van der Waals surface area contributed by atoms with Crippen LogP contribution in [0, 0.1) is 6.92 Å². The summed E-state index contributed by atoms with van der Waals surface area (Å²) in [6, 6.07) is 2.79. The Morgan fingerprint density at radius 3 is 3.05 bits per heavy atom. The van der Waals surface area contributed by atoms with Crippen LogP contribution in [-0.4, -0.2) is 34.3 Å². The van der Waals surface area contributed by atoms with Gasteiger partial charge in [-0.25, -0.2) is 0 Å². The van der Waals surface area contributed by atoms with Crippen molar-refractivity contribution < 1.29 is 4.79 Å². The molecule has 106 valence electrons. The number of piperidine rings is 1. The van der Waals surface area contributed by atoms with Gasteiger partial charge in [0.1, 0.15) is 5.69 Å². The van der Waals surface area contributed by atoms with Crippen molar-refractivity contribution >= 4 is 5.91 Å². The van der Waals surface area contributed by atoms with Crippen molar-refractivity contribution in [1.82, 2.24) is 20.4 Å². The number of rotatable bonds is 4. The van der Waals surface area contributed by atoms with Gasteiger partial charge in [-0.1, -0.05) is 6.42 Å². The Labute approximate surface area is 114 Å². The van der Waals surface area contributed by atoms with E-state index in [4.69, 9.17) is 0 Å². The van der Waals surface area contributed by atoms with Crippen LogP contribution in [-0.2, 0) is 6.54 Å². The molecule has 5 heteroatoms. The molecule has 0 saturated carbocycles. The Hall–Kier alpha value is -1.36. The lowest BCUT2D eigenvalue weighted by Crippen LogP contribution is -2.47. The average Bonchev–Trinajstić information content (AvgIpc) is 2.77. The molecule has 1 aromatic heterocycles. The van der Waals surface area contributed by atoms with Crippen molar-refractivity contribution in [2.75, 3.05) is 6.54 Å². The van der Waals surface area contributed by atoms with Gasteiger partial charge in [0.05, 0.1) is 5.69 Å². The summed E-state index contributed by atoms with van der Waals surface area (Å²) in [5.74, 6) is -0.0255. The SMILES string of the molecule is CCn1nc(C)cc1C(=O)NCC1CCCC(C)N1. The molecule has 0 spiro atoms. The molecule has 2 rings (SSSR count). The molecule has 1 aliphatic heterocycles. The van der Waals surface area contributed by atoms with E-state index in [-0.39, 0.29) is 5.91 Å². The van der Waals surface area contributed by atoms with Crippen molar-refractivity contribution in [3.05, 3.63) is 17.5 Å². The number of aromatic nitrogens is 2. The van der Waals surface area contributed by atoms with Crippen LogP contribution in [0.5, 0.6) is 0 Å². The first kappa shape index (κ1) is 14.1. The topological polar surface area (TPSA) is 59.0 Å². The van der Waals surface area contributed by atoms with Crippen LogP contribution >= 0.6 is 0 Å². The van der Waals surface area contributed by atoms with Gasteiger partial charge < -0.3 is 10.6 Å². The number of hydrogen-bond donors (Lipinski definition) is 2. The minimum absolute atomic E-state index is 0.0255. The van der Waals surface area contributed by atoms with Crippen molar-refractivity contribution in [2.45, 2.75) is 58.7 Å². The molecule has 0 aliphatic carbocycles. The zero-order valence-corrected chi connectivity index (χ0v) is 12.1. The van der Waals surface area contributed by atoms with E-state index in [1.165, 1.54) is 12.8 Å². The predicted octanol–water partition coefficient (Wildman–Crippen LogP) is 1.47. The fraction of sp³-hybridized carbons (Fsp3) is 0.714. The van der Waals surface area contributed by atoms with Gasteiger partial charge in [-0.3, -0.25) is 9.48 Å². The standard InChI is InChI=1S/C14H24N4O/c1-4-18-13(8-11(3)17-18)14(19)15-9-12-7-5-6-10(2)16-12/h8,10,12,16H,4-7,9H2,1-3H3,(H,15,19). The molecular weight excluding hydrogens is 240 g/mol. The first-order valence-corrected chi connectivity index (χ1v) is 7.19. The summed E-state index contributed by atoms with van der Waals surface area (Å²) >= 11 is 0. The normalized spacial score (nSPS) is 23.3. The molecule has 2 heterocycles. The lowest BCUT2D eigenvalue weighted by molar-refractivity contribution is 0.0935. The third-order valence-electron chi connectivity index (χ3n) is 3.65. The summed E-state index contributed by atoms with van der Waals surface area (Å²) in [5, 5.41) is 10.8. The molecule has 0 aromatic carbocycles. The molecule has 1 saturated heterocycles. The number of nitrogens with zero attached hydrogens (tertiary/aromatic N) is 2. The summed E-state index contributed by atoms with van der Waals surface area (Å²) in [5.41, 5.74) is 1.54. The van der Waals surface area contributed by atoms with Crippen molar-refractivity contribution in [1.29, 1.82) is 0 Å². The first-order chi connectivity index (χ1) is 9.10. The zero-order valence-electron chi connectivity index (χ0n) is 12.1. The van der Waals surface area contributed by atoms with Gasteiger partial charge in [-0.05, 0) is 39.7 Å². The third kappa shape index (κ3) is 3.56.